The summed E-state index contributed by atoms with van der Waals surface area (Å²) in [5.41, 5.74) is 11.0. The first kappa shape index (κ1) is 14.7. The van der Waals surface area contributed by atoms with E-state index in [4.69, 9.17) is 5.73 Å². The zero-order valence-corrected chi connectivity index (χ0v) is 12.2. The van der Waals surface area contributed by atoms with Gasteiger partial charge < -0.3 is 5.73 Å². The van der Waals surface area contributed by atoms with E-state index in [0.29, 0.717) is 0 Å². The van der Waals surface area contributed by atoms with Gasteiger partial charge in [0.2, 0.25) is 0 Å². The van der Waals surface area contributed by atoms with Gasteiger partial charge in [0.15, 0.2) is 0 Å². The smallest absolute Gasteiger partial charge is 0.123 e. The first-order chi connectivity index (χ1) is 9.56. The van der Waals surface area contributed by atoms with E-state index in [1.165, 1.54) is 17.2 Å². The molecule has 1 atom stereocenters. The average molecular weight is 271 g/mol. The molecule has 2 aromatic rings. The lowest BCUT2D eigenvalue weighted by Crippen LogP contribution is -2.24. The monoisotopic (exact) mass is 271 g/mol. The maximum atomic E-state index is 13.3. The van der Waals surface area contributed by atoms with Crippen molar-refractivity contribution in [1.29, 1.82) is 0 Å². The van der Waals surface area contributed by atoms with E-state index in [1.807, 2.05) is 13.0 Å². The SMILES string of the molecule is Cc1ccccc1CCC(N)Cc1cc(F)ccc1C. The minimum absolute atomic E-state index is 0.0649. The van der Waals surface area contributed by atoms with Crippen LogP contribution in [0, 0.1) is 19.7 Å². The van der Waals surface area contributed by atoms with Crippen molar-refractivity contribution < 1.29 is 4.39 Å². The molecule has 0 aliphatic heterocycles. The van der Waals surface area contributed by atoms with Gasteiger partial charge in [-0.2, -0.15) is 0 Å². The first-order valence-corrected chi connectivity index (χ1v) is 7.11. The predicted molar refractivity (Wildman–Crippen MR) is 82.3 cm³/mol. The van der Waals surface area contributed by atoms with E-state index in [1.54, 1.807) is 6.07 Å². The standard InChI is InChI=1S/C18H22FN/c1-13-5-3-4-6-15(13)8-10-18(20)12-16-11-17(19)9-7-14(16)2/h3-7,9,11,18H,8,10,12,20H2,1-2H3. The Morgan fingerprint density at radius 2 is 1.70 bits per heavy atom. The third-order valence-corrected chi connectivity index (χ3v) is 3.84. The third kappa shape index (κ3) is 3.91. The lowest BCUT2D eigenvalue weighted by atomic mass is 9.96. The quantitative estimate of drug-likeness (QED) is 0.875. The second kappa shape index (κ2) is 6.67. The van der Waals surface area contributed by atoms with Crippen LogP contribution in [0.3, 0.4) is 0 Å². The molecule has 1 nitrogen and oxygen atoms in total. The molecule has 1 unspecified atom stereocenters. The van der Waals surface area contributed by atoms with Crippen LogP contribution in [0.5, 0.6) is 0 Å². The Balaban J connectivity index is 1.94. The second-order valence-corrected chi connectivity index (χ2v) is 5.50. The predicted octanol–water partition coefficient (Wildman–Crippen LogP) is 3.95. The minimum Gasteiger partial charge on any atom is -0.327 e. The Labute approximate surface area is 120 Å². The highest BCUT2D eigenvalue weighted by Gasteiger charge is 2.08. The van der Waals surface area contributed by atoms with E-state index < -0.39 is 0 Å². The number of aryl methyl sites for hydroxylation is 3. The van der Waals surface area contributed by atoms with Gasteiger partial charge in [0, 0.05) is 6.04 Å². The summed E-state index contributed by atoms with van der Waals surface area (Å²) in [6.07, 6.45) is 2.62. The van der Waals surface area contributed by atoms with Crippen molar-refractivity contribution in [3.63, 3.8) is 0 Å². The molecule has 0 heterocycles. The number of benzene rings is 2. The van der Waals surface area contributed by atoms with Crippen LogP contribution in [0.1, 0.15) is 28.7 Å². The average Bonchev–Trinajstić information content (AvgIpc) is 2.42. The molecule has 2 N–H and O–H groups in total. The molecule has 2 heteroatoms. The lowest BCUT2D eigenvalue weighted by molar-refractivity contribution is 0.596. The molecule has 0 spiro atoms. The molecule has 0 saturated carbocycles. The molecule has 106 valence electrons. The second-order valence-electron chi connectivity index (χ2n) is 5.50. The molecule has 0 aromatic heterocycles. The normalized spacial score (nSPS) is 12.4. The van der Waals surface area contributed by atoms with Crippen molar-refractivity contribution in [3.8, 4) is 0 Å². The van der Waals surface area contributed by atoms with Gasteiger partial charge in [-0.1, -0.05) is 30.3 Å². The summed E-state index contributed by atoms with van der Waals surface area (Å²) in [5.74, 6) is -0.184. The molecule has 2 rings (SSSR count). The van der Waals surface area contributed by atoms with Gasteiger partial charge in [-0.3, -0.25) is 0 Å². The van der Waals surface area contributed by atoms with Crippen LogP contribution < -0.4 is 5.73 Å². The number of hydrogen-bond acceptors (Lipinski definition) is 1. The summed E-state index contributed by atoms with van der Waals surface area (Å²) in [4.78, 5) is 0. The maximum Gasteiger partial charge on any atom is 0.123 e. The number of nitrogens with two attached hydrogens (primary N) is 1. The Morgan fingerprint density at radius 3 is 2.45 bits per heavy atom. The van der Waals surface area contributed by atoms with Crippen molar-refractivity contribution in [2.75, 3.05) is 0 Å². The van der Waals surface area contributed by atoms with Crippen LogP contribution in [-0.2, 0) is 12.8 Å². The van der Waals surface area contributed by atoms with Crippen LogP contribution in [0.2, 0.25) is 0 Å². The molecule has 0 fully saturated rings. The molecular weight excluding hydrogens is 249 g/mol. The Kier molecular flexibility index (Phi) is 4.91. The molecule has 0 saturated heterocycles. The summed E-state index contributed by atoms with van der Waals surface area (Å²) in [5, 5.41) is 0. The van der Waals surface area contributed by atoms with Crippen LogP contribution in [-0.4, -0.2) is 6.04 Å². The van der Waals surface area contributed by atoms with Gasteiger partial charge in [0.1, 0.15) is 5.82 Å². The summed E-state index contributed by atoms with van der Waals surface area (Å²) in [6, 6.07) is 13.4. The molecular formula is C18H22FN. The number of rotatable bonds is 5. The van der Waals surface area contributed by atoms with Crippen LogP contribution in [0.15, 0.2) is 42.5 Å². The Morgan fingerprint density at radius 1 is 1.00 bits per heavy atom. The molecule has 0 radical (unpaired) electrons. The van der Waals surface area contributed by atoms with Crippen molar-refractivity contribution in [2.45, 2.75) is 39.2 Å². The van der Waals surface area contributed by atoms with E-state index in [9.17, 15) is 4.39 Å². The highest BCUT2D eigenvalue weighted by molar-refractivity contribution is 5.28. The van der Waals surface area contributed by atoms with E-state index in [2.05, 4.69) is 31.2 Å². The molecule has 20 heavy (non-hydrogen) atoms. The third-order valence-electron chi connectivity index (χ3n) is 3.84. The lowest BCUT2D eigenvalue weighted by Gasteiger charge is -2.14. The maximum absolute atomic E-state index is 13.3. The fraction of sp³-hybridized carbons (Fsp3) is 0.333. The van der Waals surface area contributed by atoms with Gasteiger partial charge in [0.05, 0.1) is 0 Å². The summed E-state index contributed by atoms with van der Waals surface area (Å²) in [6.45, 7) is 4.13. The van der Waals surface area contributed by atoms with Gasteiger partial charge in [-0.15, -0.1) is 0 Å². The van der Waals surface area contributed by atoms with Crippen molar-refractivity contribution in [2.24, 2.45) is 5.73 Å². The summed E-state index contributed by atoms with van der Waals surface area (Å²) in [7, 11) is 0. The molecule has 0 aliphatic rings. The molecule has 0 bridgehead atoms. The number of hydrogen-bond donors (Lipinski definition) is 1. The molecule has 2 aromatic carbocycles. The van der Waals surface area contributed by atoms with Gasteiger partial charge >= 0.3 is 0 Å². The van der Waals surface area contributed by atoms with Crippen LogP contribution in [0.25, 0.3) is 0 Å². The van der Waals surface area contributed by atoms with Gasteiger partial charge in [0.25, 0.3) is 0 Å². The van der Waals surface area contributed by atoms with Crippen molar-refractivity contribution in [1.82, 2.24) is 0 Å². The molecule has 0 amide bonds. The topological polar surface area (TPSA) is 26.0 Å². The summed E-state index contributed by atoms with van der Waals surface area (Å²) >= 11 is 0. The van der Waals surface area contributed by atoms with E-state index in [0.717, 1.165) is 30.4 Å². The Hall–Kier alpha value is -1.67. The highest BCUT2D eigenvalue weighted by Crippen LogP contribution is 2.15. The van der Waals surface area contributed by atoms with Crippen LogP contribution >= 0.6 is 0 Å². The fourth-order valence-corrected chi connectivity index (χ4v) is 2.48. The summed E-state index contributed by atoms with van der Waals surface area (Å²) < 4.78 is 13.3. The highest BCUT2D eigenvalue weighted by atomic mass is 19.1. The van der Waals surface area contributed by atoms with Crippen molar-refractivity contribution >= 4 is 0 Å². The largest absolute Gasteiger partial charge is 0.327 e. The van der Waals surface area contributed by atoms with Crippen molar-refractivity contribution in [3.05, 3.63) is 70.5 Å². The first-order valence-electron chi connectivity index (χ1n) is 7.11. The van der Waals surface area contributed by atoms with Crippen LogP contribution in [0.4, 0.5) is 4.39 Å². The Bertz CT molecular complexity index is 577. The molecule has 0 aliphatic carbocycles. The zero-order valence-electron chi connectivity index (χ0n) is 12.2. The van der Waals surface area contributed by atoms with E-state index >= 15 is 0 Å². The van der Waals surface area contributed by atoms with Gasteiger partial charge in [-0.05, 0) is 67.5 Å². The van der Waals surface area contributed by atoms with E-state index in [-0.39, 0.29) is 11.9 Å². The van der Waals surface area contributed by atoms with Gasteiger partial charge in [-0.25, -0.2) is 4.39 Å². The minimum atomic E-state index is -0.184. The zero-order chi connectivity index (χ0) is 14.5. The number of halogens is 1. The fourth-order valence-electron chi connectivity index (χ4n) is 2.48.